The summed E-state index contributed by atoms with van der Waals surface area (Å²) in [7, 11) is 0. The summed E-state index contributed by atoms with van der Waals surface area (Å²) >= 11 is 0. The van der Waals surface area contributed by atoms with Crippen molar-refractivity contribution in [3.63, 3.8) is 0 Å². The molecule has 0 aliphatic carbocycles. The van der Waals surface area contributed by atoms with Gasteiger partial charge < -0.3 is 5.11 Å². The van der Waals surface area contributed by atoms with Crippen LogP contribution in [0.15, 0.2) is 24.3 Å². The van der Waals surface area contributed by atoms with E-state index in [4.69, 9.17) is 0 Å². The van der Waals surface area contributed by atoms with Crippen LogP contribution in [0, 0.1) is 0 Å². The number of benzene rings is 1. The van der Waals surface area contributed by atoms with E-state index in [0.717, 1.165) is 18.4 Å². The van der Waals surface area contributed by atoms with E-state index in [1.807, 2.05) is 26.0 Å². The summed E-state index contributed by atoms with van der Waals surface area (Å²) in [6.07, 6.45) is 3.04. The zero-order valence-corrected chi connectivity index (χ0v) is 9.38. The van der Waals surface area contributed by atoms with Crippen LogP contribution in [0.1, 0.15) is 44.7 Å². The molecule has 1 nitrogen and oxygen atoms in total. The van der Waals surface area contributed by atoms with Crippen LogP contribution in [0.4, 0.5) is 0 Å². The fourth-order valence-electron chi connectivity index (χ4n) is 1.52. The highest BCUT2D eigenvalue weighted by Gasteiger charge is 2.19. The van der Waals surface area contributed by atoms with Crippen molar-refractivity contribution in [3.05, 3.63) is 35.4 Å². The number of hydrogen-bond acceptors (Lipinski definition) is 1. The normalized spacial score (nSPS) is 15.1. The van der Waals surface area contributed by atoms with Crippen molar-refractivity contribution in [2.45, 2.75) is 45.6 Å². The topological polar surface area (TPSA) is 20.2 Å². The Bertz CT molecular complexity index is 272. The van der Waals surface area contributed by atoms with Crippen LogP contribution in [0.5, 0.6) is 0 Å². The van der Waals surface area contributed by atoms with Crippen LogP contribution < -0.4 is 0 Å². The highest BCUT2D eigenvalue weighted by atomic mass is 16.3. The van der Waals surface area contributed by atoms with Crippen molar-refractivity contribution in [1.82, 2.24) is 0 Å². The molecule has 1 N–H and O–H groups in total. The van der Waals surface area contributed by atoms with E-state index in [2.05, 4.69) is 19.1 Å². The molecule has 1 atom stereocenters. The van der Waals surface area contributed by atoms with Gasteiger partial charge in [-0.05, 0) is 30.9 Å². The first-order valence-corrected chi connectivity index (χ1v) is 5.42. The molecule has 1 unspecified atom stereocenters. The third kappa shape index (κ3) is 2.58. The van der Waals surface area contributed by atoms with Crippen LogP contribution in [0.2, 0.25) is 0 Å². The van der Waals surface area contributed by atoms with Gasteiger partial charge in [-0.15, -0.1) is 0 Å². The SMILES string of the molecule is CCCc1ccc(C(C)(O)CC)cc1. The van der Waals surface area contributed by atoms with Gasteiger partial charge in [0.25, 0.3) is 0 Å². The number of aryl methyl sites for hydroxylation is 1. The molecule has 78 valence electrons. The predicted molar refractivity (Wildman–Crippen MR) is 60.3 cm³/mol. The van der Waals surface area contributed by atoms with E-state index in [1.165, 1.54) is 12.0 Å². The maximum Gasteiger partial charge on any atom is 0.0865 e. The smallest absolute Gasteiger partial charge is 0.0865 e. The Kier molecular flexibility index (Phi) is 3.70. The zero-order valence-electron chi connectivity index (χ0n) is 9.38. The second kappa shape index (κ2) is 4.61. The van der Waals surface area contributed by atoms with Crippen LogP contribution in [-0.2, 0) is 12.0 Å². The van der Waals surface area contributed by atoms with Gasteiger partial charge in [-0.1, -0.05) is 44.5 Å². The molecule has 0 aromatic heterocycles. The van der Waals surface area contributed by atoms with Crippen molar-refractivity contribution in [2.75, 3.05) is 0 Å². The standard InChI is InChI=1S/C13H20O/c1-4-6-11-7-9-12(10-8-11)13(3,14)5-2/h7-10,14H,4-6H2,1-3H3. The van der Waals surface area contributed by atoms with Gasteiger partial charge in [-0.2, -0.15) is 0 Å². The lowest BCUT2D eigenvalue weighted by atomic mass is 9.92. The summed E-state index contributed by atoms with van der Waals surface area (Å²) < 4.78 is 0. The van der Waals surface area contributed by atoms with E-state index in [0.29, 0.717) is 0 Å². The first kappa shape index (κ1) is 11.3. The largest absolute Gasteiger partial charge is 0.385 e. The molecule has 1 aromatic carbocycles. The molecule has 1 heteroatoms. The molecule has 0 saturated carbocycles. The zero-order chi connectivity index (χ0) is 10.6. The van der Waals surface area contributed by atoms with Crippen molar-refractivity contribution < 1.29 is 5.11 Å². The quantitative estimate of drug-likeness (QED) is 0.776. The Morgan fingerprint density at radius 2 is 1.71 bits per heavy atom. The molecule has 0 fully saturated rings. The van der Waals surface area contributed by atoms with E-state index in [9.17, 15) is 5.11 Å². The highest BCUT2D eigenvalue weighted by molar-refractivity contribution is 5.26. The van der Waals surface area contributed by atoms with E-state index >= 15 is 0 Å². The summed E-state index contributed by atoms with van der Waals surface area (Å²) in [5, 5.41) is 10.0. The molecule has 14 heavy (non-hydrogen) atoms. The highest BCUT2D eigenvalue weighted by Crippen LogP contribution is 2.24. The summed E-state index contributed by atoms with van der Waals surface area (Å²) in [6, 6.07) is 8.30. The molecule has 0 spiro atoms. The minimum absolute atomic E-state index is 0.676. The van der Waals surface area contributed by atoms with Crippen molar-refractivity contribution in [2.24, 2.45) is 0 Å². The second-order valence-corrected chi connectivity index (χ2v) is 4.07. The molecule has 0 amide bonds. The second-order valence-electron chi connectivity index (χ2n) is 4.07. The van der Waals surface area contributed by atoms with Gasteiger partial charge in [-0.3, -0.25) is 0 Å². The molecule has 1 aromatic rings. The minimum Gasteiger partial charge on any atom is -0.385 e. The fraction of sp³-hybridized carbons (Fsp3) is 0.538. The Hall–Kier alpha value is -0.820. The van der Waals surface area contributed by atoms with Crippen LogP contribution in [0.3, 0.4) is 0 Å². The van der Waals surface area contributed by atoms with Crippen LogP contribution in [-0.4, -0.2) is 5.11 Å². The molecule has 0 aliphatic rings. The first-order chi connectivity index (χ1) is 6.60. The molecule has 0 saturated heterocycles. The number of aliphatic hydroxyl groups is 1. The van der Waals surface area contributed by atoms with Gasteiger partial charge >= 0.3 is 0 Å². The molecule has 0 heterocycles. The Morgan fingerprint density at radius 3 is 2.14 bits per heavy atom. The van der Waals surface area contributed by atoms with E-state index in [-0.39, 0.29) is 0 Å². The van der Waals surface area contributed by atoms with Crippen LogP contribution in [0.25, 0.3) is 0 Å². The monoisotopic (exact) mass is 192 g/mol. The molecule has 0 aliphatic heterocycles. The Labute approximate surface area is 86.8 Å². The summed E-state index contributed by atoms with van der Waals surface area (Å²) in [6.45, 7) is 6.04. The maximum absolute atomic E-state index is 10.0. The molecular formula is C13H20O. The average Bonchev–Trinajstić information content (AvgIpc) is 2.19. The van der Waals surface area contributed by atoms with Gasteiger partial charge in [-0.25, -0.2) is 0 Å². The number of rotatable bonds is 4. The lowest BCUT2D eigenvalue weighted by molar-refractivity contribution is 0.0531. The third-order valence-corrected chi connectivity index (χ3v) is 2.80. The maximum atomic E-state index is 10.0. The summed E-state index contributed by atoms with van der Waals surface area (Å²) in [5.41, 5.74) is 1.69. The average molecular weight is 192 g/mol. The lowest BCUT2D eigenvalue weighted by Gasteiger charge is -2.21. The molecule has 0 radical (unpaired) electrons. The Balaban J connectivity index is 2.82. The van der Waals surface area contributed by atoms with Gasteiger partial charge in [0.05, 0.1) is 5.60 Å². The minimum atomic E-state index is -0.676. The molecule has 0 bridgehead atoms. The van der Waals surface area contributed by atoms with Crippen molar-refractivity contribution in [3.8, 4) is 0 Å². The third-order valence-electron chi connectivity index (χ3n) is 2.80. The van der Waals surface area contributed by atoms with E-state index in [1.54, 1.807) is 0 Å². The Morgan fingerprint density at radius 1 is 1.14 bits per heavy atom. The van der Waals surface area contributed by atoms with Gasteiger partial charge in [0.2, 0.25) is 0 Å². The van der Waals surface area contributed by atoms with Crippen molar-refractivity contribution in [1.29, 1.82) is 0 Å². The first-order valence-electron chi connectivity index (χ1n) is 5.42. The van der Waals surface area contributed by atoms with Crippen molar-refractivity contribution >= 4 is 0 Å². The number of hydrogen-bond donors (Lipinski definition) is 1. The summed E-state index contributed by atoms with van der Waals surface area (Å²) in [4.78, 5) is 0. The van der Waals surface area contributed by atoms with Gasteiger partial charge in [0, 0.05) is 0 Å². The summed E-state index contributed by atoms with van der Waals surface area (Å²) in [5.74, 6) is 0. The molecule has 1 rings (SSSR count). The fourth-order valence-corrected chi connectivity index (χ4v) is 1.52. The predicted octanol–water partition coefficient (Wildman–Crippen LogP) is 3.26. The van der Waals surface area contributed by atoms with Crippen LogP contribution >= 0.6 is 0 Å². The van der Waals surface area contributed by atoms with E-state index < -0.39 is 5.60 Å². The lowest BCUT2D eigenvalue weighted by Crippen LogP contribution is -2.19. The molecular weight excluding hydrogens is 172 g/mol. The van der Waals surface area contributed by atoms with Gasteiger partial charge in [0.1, 0.15) is 0 Å². The van der Waals surface area contributed by atoms with Gasteiger partial charge in [0.15, 0.2) is 0 Å².